The molecule has 1 aromatic rings. The lowest BCUT2D eigenvalue weighted by Gasteiger charge is -2.06. The summed E-state index contributed by atoms with van der Waals surface area (Å²) in [7, 11) is -3.62. The van der Waals surface area contributed by atoms with Gasteiger partial charge in [0.15, 0.2) is 0 Å². The molecular formula is C12H14N2O4S. The molecule has 0 saturated carbocycles. The summed E-state index contributed by atoms with van der Waals surface area (Å²) in [5.74, 6) is -0.958. The number of nitrogens with one attached hydrogen (secondary N) is 1. The molecule has 0 aromatic heterocycles. The first-order valence-corrected chi connectivity index (χ1v) is 7.11. The van der Waals surface area contributed by atoms with E-state index in [4.69, 9.17) is 10.4 Å². The smallest absolute Gasteiger partial charge is 0.303 e. The predicted molar refractivity (Wildman–Crippen MR) is 67.8 cm³/mol. The Balaban J connectivity index is 2.62. The number of hydrogen-bond acceptors (Lipinski definition) is 4. The van der Waals surface area contributed by atoms with Crippen LogP contribution in [0.15, 0.2) is 29.2 Å². The molecule has 102 valence electrons. The fourth-order valence-corrected chi connectivity index (χ4v) is 2.48. The molecule has 1 rings (SSSR count). The van der Waals surface area contributed by atoms with Crippen LogP contribution in [0.2, 0.25) is 0 Å². The maximum absolute atomic E-state index is 11.8. The number of sulfonamides is 1. The average Bonchev–Trinajstić information content (AvgIpc) is 2.36. The summed E-state index contributed by atoms with van der Waals surface area (Å²) in [6.45, 7) is 0.0780. The lowest BCUT2D eigenvalue weighted by molar-refractivity contribution is -0.137. The van der Waals surface area contributed by atoms with Crippen molar-refractivity contribution >= 4 is 16.0 Å². The first-order chi connectivity index (χ1) is 8.95. The Morgan fingerprint density at radius 2 is 1.95 bits per heavy atom. The molecule has 0 aliphatic heterocycles. The van der Waals surface area contributed by atoms with Crippen molar-refractivity contribution in [3.05, 3.63) is 29.8 Å². The molecule has 0 bridgehead atoms. The Hall–Kier alpha value is -1.91. The molecule has 0 aliphatic carbocycles. The minimum absolute atomic E-state index is 0.0780. The van der Waals surface area contributed by atoms with E-state index in [1.807, 2.05) is 6.07 Å². The highest BCUT2D eigenvalue weighted by atomic mass is 32.2. The zero-order valence-corrected chi connectivity index (χ0v) is 11.0. The van der Waals surface area contributed by atoms with E-state index in [1.165, 1.54) is 12.1 Å². The maximum Gasteiger partial charge on any atom is 0.303 e. The monoisotopic (exact) mass is 282 g/mol. The van der Waals surface area contributed by atoms with Crippen molar-refractivity contribution in [2.75, 3.05) is 6.54 Å². The Morgan fingerprint density at radius 1 is 1.32 bits per heavy atom. The zero-order chi connectivity index (χ0) is 14.3. The van der Waals surface area contributed by atoms with Crippen LogP contribution in [-0.2, 0) is 21.2 Å². The van der Waals surface area contributed by atoms with Gasteiger partial charge in [0, 0.05) is 13.0 Å². The number of rotatable bonds is 7. The molecule has 0 spiro atoms. The fraction of sp³-hybridized carbons (Fsp3) is 0.333. The highest BCUT2D eigenvalue weighted by Gasteiger charge is 2.13. The topological polar surface area (TPSA) is 107 Å². The minimum Gasteiger partial charge on any atom is -0.481 e. The van der Waals surface area contributed by atoms with Crippen molar-refractivity contribution in [2.45, 2.75) is 24.2 Å². The predicted octanol–water partition coefficient (Wildman–Crippen LogP) is 0.896. The summed E-state index contributed by atoms with van der Waals surface area (Å²) in [5, 5.41) is 16.9. The molecule has 6 nitrogen and oxygen atoms in total. The van der Waals surface area contributed by atoms with Crippen LogP contribution in [0.3, 0.4) is 0 Å². The van der Waals surface area contributed by atoms with Crippen molar-refractivity contribution in [3.63, 3.8) is 0 Å². The molecule has 2 N–H and O–H groups in total. The van der Waals surface area contributed by atoms with Gasteiger partial charge >= 0.3 is 5.97 Å². The van der Waals surface area contributed by atoms with Crippen LogP contribution in [0.1, 0.15) is 18.4 Å². The van der Waals surface area contributed by atoms with Crippen molar-refractivity contribution in [2.24, 2.45) is 0 Å². The average molecular weight is 282 g/mol. The Bertz CT molecular complexity index is 573. The van der Waals surface area contributed by atoms with Gasteiger partial charge < -0.3 is 5.11 Å². The second kappa shape index (κ2) is 6.87. The number of nitrogens with zero attached hydrogens (tertiary/aromatic N) is 1. The molecule has 0 atom stereocenters. The summed E-state index contributed by atoms with van der Waals surface area (Å²) in [4.78, 5) is 10.4. The largest absolute Gasteiger partial charge is 0.481 e. The summed E-state index contributed by atoms with van der Waals surface area (Å²) in [5.41, 5.74) is 0.743. The first-order valence-electron chi connectivity index (χ1n) is 5.63. The number of nitriles is 1. The van der Waals surface area contributed by atoms with Crippen LogP contribution in [0, 0.1) is 11.3 Å². The van der Waals surface area contributed by atoms with Crippen LogP contribution in [0.5, 0.6) is 0 Å². The van der Waals surface area contributed by atoms with Gasteiger partial charge in [0.2, 0.25) is 10.0 Å². The third kappa shape index (κ3) is 5.07. The SMILES string of the molecule is N#CCc1ccc(S(=O)(=O)NCCCC(=O)O)cc1. The number of aliphatic carboxylic acids is 1. The molecule has 0 saturated heterocycles. The number of hydrogen-bond donors (Lipinski definition) is 2. The van der Waals surface area contributed by atoms with Crippen LogP contribution < -0.4 is 4.72 Å². The highest BCUT2D eigenvalue weighted by molar-refractivity contribution is 7.89. The van der Waals surface area contributed by atoms with E-state index in [1.54, 1.807) is 12.1 Å². The van der Waals surface area contributed by atoms with Gasteiger partial charge in [0.05, 0.1) is 17.4 Å². The summed E-state index contributed by atoms with van der Waals surface area (Å²) in [6, 6.07) is 7.98. The molecule has 7 heteroatoms. The third-order valence-corrected chi connectivity index (χ3v) is 3.85. The molecule has 0 unspecified atom stereocenters. The number of carboxylic acid groups (broad SMARTS) is 1. The summed E-state index contributed by atoms with van der Waals surface area (Å²) < 4.78 is 26.0. The molecule has 0 fully saturated rings. The fourth-order valence-electron chi connectivity index (χ4n) is 1.41. The van der Waals surface area contributed by atoms with Crippen molar-refractivity contribution in [3.8, 4) is 6.07 Å². The van der Waals surface area contributed by atoms with E-state index in [-0.39, 0.29) is 30.7 Å². The normalized spacial score (nSPS) is 10.9. The molecule has 0 heterocycles. The lowest BCUT2D eigenvalue weighted by Crippen LogP contribution is -2.25. The van der Waals surface area contributed by atoms with Crippen molar-refractivity contribution in [1.82, 2.24) is 4.72 Å². The quantitative estimate of drug-likeness (QED) is 0.722. The standard InChI is InChI=1S/C12H14N2O4S/c13-8-7-10-3-5-11(6-4-10)19(17,18)14-9-1-2-12(15)16/h3-6,14H,1-2,7,9H2,(H,15,16). The van der Waals surface area contributed by atoms with E-state index in [0.717, 1.165) is 5.56 Å². The lowest BCUT2D eigenvalue weighted by atomic mass is 10.2. The first kappa shape index (κ1) is 15.1. The van der Waals surface area contributed by atoms with Crippen LogP contribution >= 0.6 is 0 Å². The van der Waals surface area contributed by atoms with E-state index < -0.39 is 16.0 Å². The maximum atomic E-state index is 11.8. The minimum atomic E-state index is -3.62. The van der Waals surface area contributed by atoms with Crippen LogP contribution in [0.25, 0.3) is 0 Å². The zero-order valence-electron chi connectivity index (χ0n) is 10.2. The molecule has 0 aliphatic rings. The van der Waals surface area contributed by atoms with Crippen molar-refractivity contribution in [1.29, 1.82) is 5.26 Å². The number of carbonyl (C=O) groups is 1. The number of carboxylic acids is 1. The second-order valence-electron chi connectivity index (χ2n) is 3.87. The van der Waals surface area contributed by atoms with E-state index in [0.29, 0.717) is 0 Å². The van der Waals surface area contributed by atoms with Gasteiger partial charge in [-0.1, -0.05) is 12.1 Å². The van der Waals surface area contributed by atoms with Gasteiger partial charge in [-0.25, -0.2) is 13.1 Å². The number of benzene rings is 1. The molecular weight excluding hydrogens is 268 g/mol. The van der Waals surface area contributed by atoms with E-state index >= 15 is 0 Å². The van der Waals surface area contributed by atoms with Gasteiger partial charge in [0.1, 0.15) is 0 Å². The van der Waals surface area contributed by atoms with Gasteiger partial charge in [-0.3, -0.25) is 4.79 Å². The van der Waals surface area contributed by atoms with Gasteiger partial charge in [-0.15, -0.1) is 0 Å². The van der Waals surface area contributed by atoms with Crippen LogP contribution in [-0.4, -0.2) is 26.0 Å². The Kier molecular flexibility index (Phi) is 5.48. The highest BCUT2D eigenvalue weighted by Crippen LogP contribution is 2.10. The molecule has 0 radical (unpaired) electrons. The van der Waals surface area contributed by atoms with Gasteiger partial charge in [0.25, 0.3) is 0 Å². The van der Waals surface area contributed by atoms with Crippen LogP contribution in [0.4, 0.5) is 0 Å². The van der Waals surface area contributed by atoms with E-state index in [9.17, 15) is 13.2 Å². The molecule has 0 amide bonds. The second-order valence-corrected chi connectivity index (χ2v) is 5.64. The Morgan fingerprint density at radius 3 is 2.47 bits per heavy atom. The van der Waals surface area contributed by atoms with Gasteiger partial charge in [-0.2, -0.15) is 5.26 Å². The van der Waals surface area contributed by atoms with Gasteiger partial charge in [-0.05, 0) is 24.1 Å². The third-order valence-electron chi connectivity index (χ3n) is 2.38. The molecule has 19 heavy (non-hydrogen) atoms. The molecule has 1 aromatic carbocycles. The van der Waals surface area contributed by atoms with E-state index in [2.05, 4.69) is 4.72 Å². The Labute approximate surface area is 111 Å². The van der Waals surface area contributed by atoms with Crippen molar-refractivity contribution < 1.29 is 18.3 Å². The summed E-state index contributed by atoms with van der Waals surface area (Å²) >= 11 is 0. The summed E-state index contributed by atoms with van der Waals surface area (Å²) in [6.07, 6.45) is 0.386.